The minimum Gasteiger partial charge on any atom is -0.496 e. The van der Waals surface area contributed by atoms with Crippen LogP contribution >= 0.6 is 0 Å². The highest BCUT2D eigenvalue weighted by Crippen LogP contribution is 2.49. The van der Waals surface area contributed by atoms with E-state index < -0.39 is 23.8 Å². The summed E-state index contributed by atoms with van der Waals surface area (Å²) >= 11 is 0. The number of hydrogen-bond acceptors (Lipinski definition) is 5. The Kier molecular flexibility index (Phi) is 4.11. The van der Waals surface area contributed by atoms with E-state index in [1.165, 1.54) is 7.11 Å². The molecule has 1 N–H and O–H groups in total. The van der Waals surface area contributed by atoms with Gasteiger partial charge in [-0.25, -0.2) is 0 Å². The van der Waals surface area contributed by atoms with E-state index in [0.717, 1.165) is 22.2 Å². The van der Waals surface area contributed by atoms with Crippen molar-refractivity contribution >= 4 is 22.8 Å². The molecule has 27 heavy (non-hydrogen) atoms. The van der Waals surface area contributed by atoms with E-state index >= 15 is 0 Å². The van der Waals surface area contributed by atoms with E-state index in [1.54, 1.807) is 25.3 Å². The van der Waals surface area contributed by atoms with Crippen molar-refractivity contribution in [1.29, 1.82) is 0 Å². The lowest BCUT2D eigenvalue weighted by Gasteiger charge is -2.32. The predicted octanol–water partition coefficient (Wildman–Crippen LogP) is 3.33. The zero-order chi connectivity index (χ0) is 19.1. The number of nitrogens with one attached hydrogen (secondary N) is 1. The van der Waals surface area contributed by atoms with Crippen LogP contribution in [0.25, 0.3) is 10.9 Å². The Morgan fingerprint density at radius 1 is 1.07 bits per heavy atom. The highest BCUT2D eigenvalue weighted by Gasteiger charge is 2.47. The maximum atomic E-state index is 12.7. The van der Waals surface area contributed by atoms with Crippen molar-refractivity contribution < 1.29 is 23.8 Å². The minimum absolute atomic E-state index is 0.397. The van der Waals surface area contributed by atoms with Crippen LogP contribution in [0.4, 0.5) is 0 Å². The summed E-state index contributed by atoms with van der Waals surface area (Å²) in [5.41, 5.74) is 3.34. The number of carbonyl (C=O) groups excluding carboxylic acids is 2. The van der Waals surface area contributed by atoms with Gasteiger partial charge in [-0.1, -0.05) is 24.3 Å². The van der Waals surface area contributed by atoms with Gasteiger partial charge in [-0.3, -0.25) is 9.59 Å². The fourth-order valence-corrected chi connectivity index (χ4v) is 3.94. The molecule has 0 radical (unpaired) electrons. The highest BCUT2D eigenvalue weighted by molar-refractivity contribution is 6.01. The van der Waals surface area contributed by atoms with Gasteiger partial charge in [0, 0.05) is 28.1 Å². The number of methoxy groups -OCH3 is 2. The first-order valence-electron chi connectivity index (χ1n) is 8.60. The summed E-state index contributed by atoms with van der Waals surface area (Å²) in [6.07, 6.45) is 0. The summed E-state index contributed by atoms with van der Waals surface area (Å²) in [7, 11) is 2.82. The lowest BCUT2D eigenvalue weighted by molar-refractivity contribution is -0.157. The van der Waals surface area contributed by atoms with E-state index in [4.69, 9.17) is 14.2 Å². The van der Waals surface area contributed by atoms with Crippen molar-refractivity contribution in [3.8, 4) is 11.5 Å². The number of fused-ring (bicyclic) bond motifs is 2. The molecule has 138 valence electrons. The minimum atomic E-state index is -1.11. The van der Waals surface area contributed by atoms with Crippen LogP contribution in [0.15, 0.2) is 42.5 Å². The number of benzene rings is 2. The van der Waals surface area contributed by atoms with Crippen molar-refractivity contribution in [1.82, 2.24) is 4.98 Å². The van der Waals surface area contributed by atoms with Crippen molar-refractivity contribution in [3.05, 3.63) is 59.3 Å². The molecule has 0 aliphatic carbocycles. The van der Waals surface area contributed by atoms with E-state index in [9.17, 15) is 9.59 Å². The van der Waals surface area contributed by atoms with E-state index in [0.29, 0.717) is 17.1 Å². The molecule has 0 saturated carbocycles. The number of ether oxygens (including phenoxy) is 3. The van der Waals surface area contributed by atoms with E-state index in [1.807, 2.05) is 31.2 Å². The fourth-order valence-electron chi connectivity index (χ4n) is 3.94. The third-order valence-corrected chi connectivity index (χ3v) is 5.06. The van der Waals surface area contributed by atoms with Gasteiger partial charge in [0.25, 0.3) is 0 Å². The molecular formula is C21H19NO5. The molecule has 6 heteroatoms. The summed E-state index contributed by atoms with van der Waals surface area (Å²) in [6.45, 7) is 1.93. The van der Waals surface area contributed by atoms with Crippen LogP contribution in [0, 0.1) is 12.8 Å². The number of carbonyl (C=O) groups is 2. The molecule has 2 heterocycles. The number of aromatic amines is 1. The Labute approximate surface area is 156 Å². The number of para-hydroxylation sites is 1. The Morgan fingerprint density at radius 3 is 2.59 bits per heavy atom. The van der Waals surface area contributed by atoms with Crippen molar-refractivity contribution in [2.45, 2.75) is 12.8 Å². The second kappa shape index (κ2) is 6.46. The molecule has 1 aliphatic rings. The molecule has 0 spiro atoms. The van der Waals surface area contributed by atoms with Crippen LogP contribution in [-0.2, 0) is 14.3 Å². The molecule has 3 aromatic rings. The quantitative estimate of drug-likeness (QED) is 0.438. The van der Waals surface area contributed by atoms with Crippen LogP contribution in [0.5, 0.6) is 11.5 Å². The second-order valence-electron chi connectivity index (χ2n) is 6.48. The Morgan fingerprint density at radius 2 is 1.85 bits per heavy atom. The summed E-state index contributed by atoms with van der Waals surface area (Å²) in [5.74, 6) is -2.00. The number of aromatic nitrogens is 1. The Bertz CT molecular complexity index is 1050. The summed E-state index contributed by atoms with van der Waals surface area (Å²) in [4.78, 5) is 28.6. The summed E-state index contributed by atoms with van der Waals surface area (Å²) < 4.78 is 15.9. The largest absolute Gasteiger partial charge is 0.496 e. The normalized spacial score (nSPS) is 18.7. The average Bonchev–Trinajstić information content (AvgIpc) is 3.01. The maximum Gasteiger partial charge on any atom is 0.326 e. The fraction of sp³-hybridized carbons (Fsp3) is 0.238. The first kappa shape index (κ1) is 17.1. The molecule has 0 saturated heterocycles. The van der Waals surface area contributed by atoms with Gasteiger partial charge >= 0.3 is 11.9 Å². The topological polar surface area (TPSA) is 77.6 Å². The van der Waals surface area contributed by atoms with Crippen molar-refractivity contribution in [2.75, 3.05) is 14.2 Å². The molecule has 2 aromatic carbocycles. The third-order valence-electron chi connectivity index (χ3n) is 5.06. The third kappa shape index (κ3) is 2.56. The van der Waals surface area contributed by atoms with Gasteiger partial charge in [0.2, 0.25) is 0 Å². The van der Waals surface area contributed by atoms with Crippen LogP contribution in [0.2, 0.25) is 0 Å². The molecule has 0 amide bonds. The summed E-state index contributed by atoms with van der Waals surface area (Å²) in [6, 6.07) is 13.0. The molecule has 6 nitrogen and oxygen atoms in total. The Balaban J connectivity index is 2.06. The number of aryl methyl sites for hydroxylation is 1. The maximum absolute atomic E-state index is 12.7. The lowest BCUT2D eigenvalue weighted by Crippen LogP contribution is -2.38. The SMILES string of the molecule is COC(=O)[C@@H]1C(=O)Oc2cccc(OC)c2[C@H]1c1c(C)[nH]c2ccccc12. The zero-order valence-corrected chi connectivity index (χ0v) is 15.2. The van der Waals surface area contributed by atoms with Gasteiger partial charge in [0.05, 0.1) is 14.2 Å². The van der Waals surface area contributed by atoms with Crippen LogP contribution in [-0.4, -0.2) is 31.1 Å². The van der Waals surface area contributed by atoms with Gasteiger partial charge in [0.15, 0.2) is 5.92 Å². The molecule has 4 rings (SSSR count). The van der Waals surface area contributed by atoms with E-state index in [2.05, 4.69) is 4.98 Å². The van der Waals surface area contributed by atoms with Gasteiger partial charge < -0.3 is 19.2 Å². The van der Waals surface area contributed by atoms with Crippen LogP contribution in [0.1, 0.15) is 22.7 Å². The van der Waals surface area contributed by atoms with Crippen molar-refractivity contribution in [2.24, 2.45) is 5.92 Å². The first-order valence-corrected chi connectivity index (χ1v) is 8.60. The number of H-pyrrole nitrogens is 1. The summed E-state index contributed by atoms with van der Waals surface area (Å²) in [5, 5.41) is 0.945. The highest BCUT2D eigenvalue weighted by atomic mass is 16.6. The number of rotatable bonds is 3. The van der Waals surface area contributed by atoms with E-state index in [-0.39, 0.29) is 0 Å². The zero-order valence-electron chi connectivity index (χ0n) is 15.2. The van der Waals surface area contributed by atoms with Gasteiger partial charge in [0.1, 0.15) is 11.5 Å². The first-order chi connectivity index (χ1) is 13.1. The molecule has 1 aliphatic heterocycles. The average molecular weight is 365 g/mol. The lowest BCUT2D eigenvalue weighted by atomic mass is 9.77. The Hall–Kier alpha value is -3.28. The molecule has 0 bridgehead atoms. The second-order valence-corrected chi connectivity index (χ2v) is 6.48. The molecule has 0 fully saturated rings. The number of esters is 2. The van der Waals surface area contributed by atoms with Gasteiger partial charge in [-0.15, -0.1) is 0 Å². The smallest absolute Gasteiger partial charge is 0.326 e. The molecule has 0 unspecified atom stereocenters. The van der Waals surface area contributed by atoms with Crippen LogP contribution < -0.4 is 9.47 Å². The molecule has 2 atom stereocenters. The molecule has 1 aromatic heterocycles. The standard InChI is InChI=1S/C21H19NO5/c1-11-16(12-7-4-5-8-13(12)22-11)18-17-14(25-2)9-6-10-15(17)27-21(24)19(18)20(23)26-3/h4-10,18-19,22H,1-3H3/t18-,19-/m1/s1. The van der Waals surface area contributed by atoms with Gasteiger partial charge in [-0.2, -0.15) is 0 Å². The number of hydrogen-bond donors (Lipinski definition) is 1. The van der Waals surface area contributed by atoms with Crippen molar-refractivity contribution in [3.63, 3.8) is 0 Å². The predicted molar refractivity (Wildman–Crippen MR) is 99.0 cm³/mol. The monoisotopic (exact) mass is 365 g/mol. The van der Waals surface area contributed by atoms with Gasteiger partial charge in [-0.05, 0) is 30.7 Å². The molecular weight excluding hydrogens is 346 g/mol. The van der Waals surface area contributed by atoms with Crippen LogP contribution in [0.3, 0.4) is 0 Å².